The van der Waals surface area contributed by atoms with Crippen LogP contribution < -0.4 is 10.6 Å². The molecule has 2 aromatic rings. The van der Waals surface area contributed by atoms with Crippen LogP contribution in [0.1, 0.15) is 0 Å². The first kappa shape index (κ1) is 12.2. The van der Waals surface area contributed by atoms with Gasteiger partial charge in [0, 0.05) is 7.05 Å². The lowest BCUT2D eigenvalue weighted by molar-refractivity contribution is 0.449. The van der Waals surface area contributed by atoms with Gasteiger partial charge >= 0.3 is 0 Å². The number of nitrogens with one attached hydrogen (secondary N) is 2. The second-order valence-corrected chi connectivity index (χ2v) is 3.51. The molecule has 0 saturated heterocycles. The smallest absolute Gasteiger partial charge is 0.196 e. The Bertz CT molecular complexity index is 572. The lowest BCUT2D eigenvalue weighted by atomic mass is 10.2. The molecule has 1 aromatic heterocycles. The maximum atomic E-state index is 13.4. The molecule has 0 unspecified atom stereocenters. The van der Waals surface area contributed by atoms with Crippen molar-refractivity contribution in [3.63, 3.8) is 0 Å². The molecule has 3 nitrogen and oxygen atoms in total. The Hall–Kier alpha value is -2.24. The number of rotatable bonds is 3. The van der Waals surface area contributed by atoms with Crippen molar-refractivity contribution in [1.82, 2.24) is 4.98 Å². The zero-order chi connectivity index (χ0) is 13.1. The van der Waals surface area contributed by atoms with Gasteiger partial charge in [0.25, 0.3) is 0 Å². The Balaban J connectivity index is 2.31. The molecule has 94 valence electrons. The third-order valence-corrected chi connectivity index (χ3v) is 2.30. The monoisotopic (exact) mass is 253 g/mol. The van der Waals surface area contributed by atoms with Gasteiger partial charge in [-0.25, -0.2) is 18.2 Å². The van der Waals surface area contributed by atoms with Crippen LogP contribution in [0.2, 0.25) is 0 Å². The summed E-state index contributed by atoms with van der Waals surface area (Å²) in [5.41, 5.74) is -0.172. The normalized spacial score (nSPS) is 10.2. The Labute approximate surface area is 102 Å². The van der Waals surface area contributed by atoms with E-state index in [1.807, 2.05) is 0 Å². The van der Waals surface area contributed by atoms with Crippen molar-refractivity contribution in [2.45, 2.75) is 0 Å². The van der Waals surface area contributed by atoms with E-state index in [1.165, 1.54) is 0 Å². The molecule has 1 aromatic carbocycles. The molecule has 0 saturated carbocycles. The van der Waals surface area contributed by atoms with Crippen LogP contribution in [0.15, 0.2) is 30.3 Å². The van der Waals surface area contributed by atoms with Gasteiger partial charge in [-0.1, -0.05) is 6.07 Å². The molecule has 0 aliphatic heterocycles. The maximum absolute atomic E-state index is 13.4. The van der Waals surface area contributed by atoms with Crippen LogP contribution in [0.5, 0.6) is 0 Å². The molecule has 0 bridgehead atoms. The summed E-state index contributed by atoms with van der Waals surface area (Å²) in [6.45, 7) is 0. The van der Waals surface area contributed by atoms with E-state index in [-0.39, 0.29) is 5.69 Å². The van der Waals surface area contributed by atoms with Crippen LogP contribution in [0.25, 0.3) is 0 Å². The molecule has 0 aliphatic carbocycles. The minimum Gasteiger partial charge on any atom is -0.373 e. The number of anilines is 3. The van der Waals surface area contributed by atoms with Gasteiger partial charge in [0.2, 0.25) is 0 Å². The van der Waals surface area contributed by atoms with Crippen LogP contribution in [0.3, 0.4) is 0 Å². The SMILES string of the molecule is CNc1cccc(Nc2ccc(F)c(F)c2F)n1. The summed E-state index contributed by atoms with van der Waals surface area (Å²) in [6.07, 6.45) is 0. The average molecular weight is 253 g/mol. The van der Waals surface area contributed by atoms with Crippen molar-refractivity contribution in [2.75, 3.05) is 17.7 Å². The largest absolute Gasteiger partial charge is 0.373 e. The number of halogens is 3. The Morgan fingerprint density at radius 2 is 1.67 bits per heavy atom. The van der Waals surface area contributed by atoms with Gasteiger partial charge < -0.3 is 10.6 Å². The van der Waals surface area contributed by atoms with Gasteiger partial charge in [0.15, 0.2) is 17.5 Å². The molecule has 0 aliphatic rings. The number of hydrogen-bond donors (Lipinski definition) is 2. The quantitative estimate of drug-likeness (QED) is 0.824. The summed E-state index contributed by atoms with van der Waals surface area (Å²) >= 11 is 0. The summed E-state index contributed by atoms with van der Waals surface area (Å²) < 4.78 is 39.2. The third kappa shape index (κ3) is 2.37. The number of pyridine rings is 1. The molecule has 2 rings (SSSR count). The van der Waals surface area contributed by atoms with Gasteiger partial charge in [0.05, 0.1) is 5.69 Å². The topological polar surface area (TPSA) is 37.0 Å². The summed E-state index contributed by atoms with van der Waals surface area (Å²) in [4.78, 5) is 4.07. The van der Waals surface area contributed by atoms with Crippen molar-refractivity contribution in [3.05, 3.63) is 47.8 Å². The fourth-order valence-corrected chi connectivity index (χ4v) is 1.40. The standard InChI is InChI=1S/C12H10F3N3/c1-16-9-3-2-4-10(18-9)17-8-6-5-7(13)11(14)12(8)15/h2-6H,1H3,(H2,16,17,18). The zero-order valence-electron chi connectivity index (χ0n) is 9.47. The summed E-state index contributed by atoms with van der Waals surface area (Å²) in [5.74, 6) is -3.11. The van der Waals surface area contributed by atoms with Crippen molar-refractivity contribution in [2.24, 2.45) is 0 Å². The van der Waals surface area contributed by atoms with Crippen molar-refractivity contribution in [3.8, 4) is 0 Å². The predicted molar refractivity (Wildman–Crippen MR) is 63.4 cm³/mol. The molecule has 0 atom stereocenters. The van der Waals surface area contributed by atoms with Crippen LogP contribution in [-0.4, -0.2) is 12.0 Å². The molecule has 0 amide bonds. The number of aromatic nitrogens is 1. The summed E-state index contributed by atoms with van der Waals surface area (Å²) in [5, 5.41) is 5.39. The highest BCUT2D eigenvalue weighted by atomic mass is 19.2. The highest BCUT2D eigenvalue weighted by Gasteiger charge is 2.13. The van der Waals surface area contributed by atoms with E-state index in [4.69, 9.17) is 0 Å². The fraction of sp³-hybridized carbons (Fsp3) is 0.0833. The van der Waals surface area contributed by atoms with E-state index in [0.717, 1.165) is 12.1 Å². The highest BCUT2D eigenvalue weighted by molar-refractivity contribution is 5.58. The molecule has 18 heavy (non-hydrogen) atoms. The average Bonchev–Trinajstić information content (AvgIpc) is 2.40. The minimum atomic E-state index is -1.51. The van der Waals surface area contributed by atoms with Gasteiger partial charge in [-0.05, 0) is 24.3 Å². The first-order valence-corrected chi connectivity index (χ1v) is 5.17. The van der Waals surface area contributed by atoms with Gasteiger partial charge in [-0.15, -0.1) is 0 Å². The Morgan fingerprint density at radius 3 is 2.39 bits per heavy atom. The number of hydrogen-bond acceptors (Lipinski definition) is 3. The fourth-order valence-electron chi connectivity index (χ4n) is 1.40. The van der Waals surface area contributed by atoms with Crippen LogP contribution in [0.4, 0.5) is 30.5 Å². The first-order valence-electron chi connectivity index (χ1n) is 5.17. The van der Waals surface area contributed by atoms with Crippen molar-refractivity contribution >= 4 is 17.3 Å². The summed E-state index contributed by atoms with van der Waals surface area (Å²) in [7, 11) is 1.68. The molecule has 0 radical (unpaired) electrons. The van der Waals surface area contributed by atoms with E-state index in [0.29, 0.717) is 11.6 Å². The minimum absolute atomic E-state index is 0.172. The van der Waals surface area contributed by atoms with E-state index in [9.17, 15) is 13.2 Å². The third-order valence-electron chi connectivity index (χ3n) is 2.30. The van der Waals surface area contributed by atoms with Gasteiger partial charge in [-0.3, -0.25) is 0 Å². The van der Waals surface area contributed by atoms with E-state index < -0.39 is 17.5 Å². The maximum Gasteiger partial charge on any atom is 0.196 e. The van der Waals surface area contributed by atoms with Crippen LogP contribution in [-0.2, 0) is 0 Å². The van der Waals surface area contributed by atoms with Crippen molar-refractivity contribution < 1.29 is 13.2 Å². The second-order valence-electron chi connectivity index (χ2n) is 3.51. The van der Waals surface area contributed by atoms with Gasteiger partial charge in [-0.2, -0.15) is 0 Å². The van der Waals surface area contributed by atoms with E-state index in [2.05, 4.69) is 15.6 Å². The Kier molecular flexibility index (Phi) is 3.36. The second kappa shape index (κ2) is 4.95. The molecule has 0 fully saturated rings. The molecule has 1 heterocycles. The zero-order valence-corrected chi connectivity index (χ0v) is 9.47. The highest BCUT2D eigenvalue weighted by Crippen LogP contribution is 2.23. The number of benzene rings is 1. The Morgan fingerprint density at radius 1 is 0.944 bits per heavy atom. The molecular formula is C12H10F3N3. The van der Waals surface area contributed by atoms with E-state index in [1.54, 1.807) is 25.2 Å². The summed E-state index contributed by atoms with van der Waals surface area (Å²) in [6, 6.07) is 6.96. The molecule has 0 spiro atoms. The molecule has 6 heteroatoms. The van der Waals surface area contributed by atoms with Gasteiger partial charge in [0.1, 0.15) is 11.6 Å². The predicted octanol–water partition coefficient (Wildman–Crippen LogP) is 3.28. The van der Waals surface area contributed by atoms with Crippen molar-refractivity contribution in [1.29, 1.82) is 0 Å². The van der Waals surface area contributed by atoms with Crippen LogP contribution in [0, 0.1) is 17.5 Å². The van der Waals surface area contributed by atoms with Crippen LogP contribution >= 0.6 is 0 Å². The number of nitrogens with zero attached hydrogens (tertiary/aromatic N) is 1. The first-order chi connectivity index (χ1) is 8.61. The molecular weight excluding hydrogens is 243 g/mol. The lowest BCUT2D eigenvalue weighted by Crippen LogP contribution is -2.01. The lowest BCUT2D eigenvalue weighted by Gasteiger charge is -2.08. The van der Waals surface area contributed by atoms with E-state index >= 15 is 0 Å². The molecule has 2 N–H and O–H groups in total.